The van der Waals surface area contributed by atoms with Crippen LogP contribution in [0.25, 0.3) is 90.7 Å². The zero-order chi connectivity index (χ0) is 42.9. The first-order valence-corrected chi connectivity index (χ1v) is 21.7. The highest BCUT2D eigenvalue weighted by Gasteiger charge is 2.44. The molecule has 0 saturated heterocycles. The number of furan rings is 2. The summed E-state index contributed by atoms with van der Waals surface area (Å²) in [7, 11) is -5.84. The number of alkyl halides is 3. The van der Waals surface area contributed by atoms with Gasteiger partial charge in [0.2, 0.25) is 11.4 Å². The highest BCUT2D eigenvalue weighted by Crippen LogP contribution is 2.43. The van der Waals surface area contributed by atoms with Gasteiger partial charge in [-0.15, -0.1) is 0 Å². The number of hydrogen-bond donors (Lipinski definition) is 1. The number of fused-ring (bicyclic) bond motifs is 13. The lowest BCUT2D eigenvalue weighted by Crippen LogP contribution is -2.43. The Balaban J connectivity index is 0.000000525. The van der Waals surface area contributed by atoms with Gasteiger partial charge < -0.3 is 8.83 Å². The number of pyridine rings is 2. The van der Waals surface area contributed by atoms with Crippen molar-refractivity contribution in [3.05, 3.63) is 166 Å². The fourth-order valence-electron chi connectivity index (χ4n) is 9.08. The van der Waals surface area contributed by atoms with E-state index < -0.39 is 15.6 Å². The van der Waals surface area contributed by atoms with Gasteiger partial charge in [0, 0.05) is 69.8 Å². The Hall–Kier alpha value is -6.82. The quantitative estimate of drug-likeness (QED) is 0.108. The number of benzene rings is 5. The number of aromatic nitrogens is 2. The maximum Gasteiger partial charge on any atom is 0.522 e. The minimum atomic E-state index is -5.84. The molecule has 11 heteroatoms. The van der Waals surface area contributed by atoms with Crippen LogP contribution in [0.15, 0.2) is 130 Å². The van der Waals surface area contributed by atoms with E-state index in [-0.39, 0.29) is 0 Å². The van der Waals surface area contributed by atoms with E-state index >= 15 is 0 Å². The highest BCUT2D eigenvalue weighted by molar-refractivity contribution is 7.86. The lowest BCUT2D eigenvalue weighted by atomic mass is 9.79. The molecule has 0 unspecified atom stereocenters. The smallest absolute Gasteiger partial charge is 0.455 e. The summed E-state index contributed by atoms with van der Waals surface area (Å²) in [5.41, 5.74) is 13.9. The second-order valence-corrected chi connectivity index (χ2v) is 17.2. The van der Waals surface area contributed by atoms with Crippen LogP contribution in [0.5, 0.6) is 0 Å². The second kappa shape index (κ2) is 15.0. The molecule has 0 saturated carbocycles. The summed E-state index contributed by atoms with van der Waals surface area (Å²) >= 11 is 0. The van der Waals surface area contributed by atoms with Gasteiger partial charge in [0.25, 0.3) is 0 Å². The van der Waals surface area contributed by atoms with Gasteiger partial charge in [-0.05, 0) is 59.4 Å². The third kappa shape index (κ3) is 6.78. The third-order valence-electron chi connectivity index (χ3n) is 12.2. The predicted octanol–water partition coefficient (Wildman–Crippen LogP) is 11.9. The molecule has 62 heavy (non-hydrogen) atoms. The van der Waals surface area contributed by atoms with Crippen molar-refractivity contribution in [2.24, 2.45) is 0 Å². The molecule has 2 aliphatic rings. The van der Waals surface area contributed by atoms with Crippen molar-refractivity contribution in [1.29, 1.82) is 0 Å². The molecule has 0 radical (unpaired) electrons. The van der Waals surface area contributed by atoms with Crippen LogP contribution >= 0.6 is 0 Å². The van der Waals surface area contributed by atoms with Crippen LogP contribution in [0.1, 0.15) is 44.5 Å². The number of halogens is 3. The van der Waals surface area contributed by atoms with Crippen molar-refractivity contribution in [1.82, 2.24) is 0 Å². The van der Waals surface area contributed by atoms with E-state index in [2.05, 4.69) is 145 Å². The summed E-state index contributed by atoms with van der Waals surface area (Å²) in [6.07, 6.45) is 15.5. The summed E-state index contributed by atoms with van der Waals surface area (Å²) < 4.78 is 75.1. The van der Waals surface area contributed by atoms with E-state index in [1.54, 1.807) is 0 Å². The minimum absolute atomic E-state index is 0.922. The van der Waals surface area contributed by atoms with E-state index in [9.17, 15) is 13.2 Å². The van der Waals surface area contributed by atoms with Crippen LogP contribution in [0, 0.1) is 13.8 Å². The van der Waals surface area contributed by atoms with E-state index in [0.29, 0.717) is 0 Å². The molecule has 1 N–H and O–H groups in total. The van der Waals surface area contributed by atoms with Gasteiger partial charge in [0.15, 0.2) is 25.5 Å². The number of nitrogens with zero attached hydrogens (tertiary/aromatic N) is 2. The monoisotopic (exact) mass is 848 g/mol. The van der Waals surface area contributed by atoms with E-state index in [1.165, 1.54) is 55.9 Å². The van der Waals surface area contributed by atoms with Crippen LogP contribution in [-0.2, 0) is 36.0 Å². The highest BCUT2D eigenvalue weighted by atomic mass is 32.2. The Bertz CT molecular complexity index is 3260. The molecule has 6 heterocycles. The van der Waals surface area contributed by atoms with Crippen LogP contribution in [0.3, 0.4) is 0 Å². The predicted molar refractivity (Wildman–Crippen MR) is 237 cm³/mol. The Kier molecular flexibility index (Phi) is 9.49. The van der Waals surface area contributed by atoms with Crippen molar-refractivity contribution in [3.63, 3.8) is 0 Å². The van der Waals surface area contributed by atoms with E-state index in [1.807, 2.05) is 24.3 Å². The van der Waals surface area contributed by atoms with Gasteiger partial charge >= 0.3 is 15.6 Å². The van der Waals surface area contributed by atoms with Gasteiger partial charge in [-0.25, -0.2) is 0 Å². The van der Waals surface area contributed by atoms with Crippen molar-refractivity contribution in [3.8, 4) is 22.5 Å². The molecular weight excluding hydrogens is 810 g/mol. The fraction of sp³-hybridized carbons (Fsp3) is 0.137. The molecule has 0 aliphatic carbocycles. The van der Waals surface area contributed by atoms with Crippen LogP contribution in [0.4, 0.5) is 13.2 Å². The largest absolute Gasteiger partial charge is 0.522 e. The first kappa shape index (κ1) is 39.3. The van der Waals surface area contributed by atoms with Crippen LogP contribution < -0.4 is 9.13 Å². The summed E-state index contributed by atoms with van der Waals surface area (Å²) in [5.74, 6) is 0. The molecule has 11 rings (SSSR count). The average Bonchev–Trinajstić information content (AvgIpc) is 3.85. The molecule has 0 fully saturated rings. The summed E-state index contributed by atoms with van der Waals surface area (Å²) in [6.45, 7) is 6.62. The third-order valence-corrected chi connectivity index (χ3v) is 12.8. The second-order valence-electron chi connectivity index (χ2n) is 15.8. The van der Waals surface area contributed by atoms with Crippen molar-refractivity contribution in [2.75, 3.05) is 0 Å². The molecule has 2 aliphatic heterocycles. The Labute approximate surface area is 355 Å². The van der Waals surface area contributed by atoms with Crippen molar-refractivity contribution in [2.45, 2.75) is 45.3 Å². The lowest BCUT2D eigenvalue weighted by Gasteiger charge is -2.27. The Morgan fingerprint density at radius 2 is 0.984 bits per heavy atom. The number of para-hydroxylation sites is 4. The molecule has 9 aromatic rings. The summed E-state index contributed by atoms with van der Waals surface area (Å²) in [5, 5.41) is 4.61. The van der Waals surface area contributed by atoms with E-state index in [0.717, 1.165) is 80.9 Å². The average molecular weight is 849 g/mol. The SMILES string of the molecule is Cc1c(C)c2c(c3c1CC[n+]1ccc(/C=C/c4cccc5c4oc4ccccc45)cc1-3)-c1cc(/C=C/c3cccc4c3oc3ccccc34)cc[n+]1CC2.O=S(=O)(O)C(F)(F)F. The molecular formula is C51H39F3N2O5S+2. The molecule has 0 atom stereocenters. The Morgan fingerprint density at radius 3 is 1.40 bits per heavy atom. The zero-order valence-corrected chi connectivity index (χ0v) is 34.5. The normalized spacial score (nSPS) is 13.7. The number of hydrogen-bond acceptors (Lipinski definition) is 4. The molecule has 0 spiro atoms. The molecule has 0 amide bonds. The van der Waals surface area contributed by atoms with Gasteiger partial charge in [0.05, 0.1) is 11.1 Å². The first-order valence-electron chi connectivity index (χ1n) is 20.3. The van der Waals surface area contributed by atoms with Crippen molar-refractivity contribution >= 4 is 78.3 Å². The first-order chi connectivity index (χ1) is 29.8. The fourth-order valence-corrected chi connectivity index (χ4v) is 9.08. The maximum atomic E-state index is 10.7. The molecule has 308 valence electrons. The summed E-state index contributed by atoms with van der Waals surface area (Å²) in [4.78, 5) is 0. The summed E-state index contributed by atoms with van der Waals surface area (Å²) in [6, 6.07) is 38.7. The minimum Gasteiger partial charge on any atom is -0.455 e. The number of aryl methyl sites for hydroxylation is 2. The molecule has 4 aromatic heterocycles. The van der Waals surface area contributed by atoms with Gasteiger partial charge in [-0.1, -0.05) is 97.1 Å². The van der Waals surface area contributed by atoms with E-state index in [4.69, 9.17) is 21.8 Å². The zero-order valence-electron chi connectivity index (χ0n) is 33.7. The lowest BCUT2D eigenvalue weighted by molar-refractivity contribution is -0.689. The van der Waals surface area contributed by atoms with Crippen LogP contribution in [-0.4, -0.2) is 18.5 Å². The van der Waals surface area contributed by atoms with Gasteiger partial charge in [-0.2, -0.15) is 30.7 Å². The van der Waals surface area contributed by atoms with Gasteiger partial charge in [-0.3, -0.25) is 4.55 Å². The molecule has 7 nitrogen and oxygen atoms in total. The Morgan fingerprint density at radius 1 is 0.581 bits per heavy atom. The standard InChI is InChI=1S/C50H38N2O2.CHF3O3S/c1-31-32(2)38-24-28-52-26-22-34(18-20-36-10-8-14-42-40-12-4-6-16-46(40)54-50(36)42)30-44(52)48(38)47-37(31)23-27-51-25-21-33(29-43(47)51)17-19-35-9-7-13-41-39-11-3-5-15-45(39)53-49(35)41;2-1(3,4)8(5,6)7/h3-22,25-26,29-30H,23-24,27-28H2,1-2H3;(H,5,6,7)/q+2;/b19-17+,20-18+;. The van der Waals surface area contributed by atoms with Gasteiger partial charge in [0.1, 0.15) is 22.3 Å². The van der Waals surface area contributed by atoms with Crippen LogP contribution in [0.2, 0.25) is 0 Å². The molecule has 5 aromatic carbocycles. The molecule has 0 bridgehead atoms. The number of rotatable bonds is 4. The van der Waals surface area contributed by atoms with Crippen molar-refractivity contribution < 1.29 is 44.1 Å². The maximum absolute atomic E-state index is 10.7. The topological polar surface area (TPSA) is 88.4 Å².